The third-order valence-electron chi connectivity index (χ3n) is 5.83. The first-order valence-corrected chi connectivity index (χ1v) is 12.0. The van der Waals surface area contributed by atoms with Crippen LogP contribution in [0.4, 0.5) is 5.69 Å². The molecule has 0 aliphatic carbocycles. The van der Waals surface area contributed by atoms with E-state index in [1.165, 1.54) is 12.4 Å². The van der Waals surface area contributed by atoms with Gasteiger partial charge in [-0.05, 0) is 48.0 Å². The van der Waals surface area contributed by atoms with Crippen molar-refractivity contribution in [3.8, 4) is 17.4 Å². The molecule has 208 valence electrons. The van der Waals surface area contributed by atoms with E-state index in [9.17, 15) is 4.79 Å². The summed E-state index contributed by atoms with van der Waals surface area (Å²) in [6.45, 7) is 1.45. The van der Waals surface area contributed by atoms with Crippen LogP contribution in [-0.2, 0) is 9.53 Å². The van der Waals surface area contributed by atoms with Crippen molar-refractivity contribution in [2.45, 2.75) is 19.1 Å². The molecule has 40 heavy (non-hydrogen) atoms. The Labute approximate surface area is 228 Å². The maximum atomic E-state index is 12.8. The molecule has 0 saturated heterocycles. The fraction of sp³-hybridized carbons (Fsp3) is 0.231. The van der Waals surface area contributed by atoms with Gasteiger partial charge in [-0.3, -0.25) is 15.2 Å². The van der Waals surface area contributed by atoms with Crippen LogP contribution in [0.15, 0.2) is 59.7 Å². The van der Waals surface area contributed by atoms with Crippen LogP contribution in [0.25, 0.3) is 5.95 Å². The van der Waals surface area contributed by atoms with E-state index in [0.29, 0.717) is 29.5 Å². The Morgan fingerprint density at radius 3 is 2.52 bits per heavy atom. The normalized spacial score (nSPS) is 14.2. The molecule has 14 nitrogen and oxygen atoms in total. The van der Waals surface area contributed by atoms with Gasteiger partial charge in [0.25, 0.3) is 11.9 Å². The molecule has 2 aromatic heterocycles. The van der Waals surface area contributed by atoms with Crippen molar-refractivity contribution in [1.82, 2.24) is 24.7 Å². The number of aromatic nitrogens is 5. The first-order valence-electron chi connectivity index (χ1n) is 12.0. The summed E-state index contributed by atoms with van der Waals surface area (Å²) in [5.41, 5.74) is 8.00. The molecule has 1 aliphatic heterocycles. The zero-order valence-electron chi connectivity index (χ0n) is 21.9. The molecule has 0 radical (unpaired) electrons. The van der Waals surface area contributed by atoms with Crippen molar-refractivity contribution < 1.29 is 24.1 Å². The fourth-order valence-corrected chi connectivity index (χ4v) is 4.03. The van der Waals surface area contributed by atoms with Crippen LogP contribution < -0.4 is 26.2 Å². The highest BCUT2D eigenvalue weighted by atomic mass is 16.6. The van der Waals surface area contributed by atoms with E-state index in [4.69, 9.17) is 35.3 Å². The highest BCUT2D eigenvalue weighted by molar-refractivity contribution is 5.95. The molecule has 0 amide bonds. The van der Waals surface area contributed by atoms with Crippen LogP contribution in [0.3, 0.4) is 0 Å². The smallest absolute Gasteiger partial charge is 0.350 e. The molecule has 4 aromatic rings. The molecule has 1 unspecified atom stereocenters. The van der Waals surface area contributed by atoms with Crippen molar-refractivity contribution in [3.05, 3.63) is 87.9 Å². The molecule has 6 N–H and O–H groups in total. The standard InChI is InChI=1S/C24H24N8O4.C2H4O2/c1-34-17-11-14(10-16-18(35-2)12-36-20(16)17)19(29-15-6-4-13(5-7-15)21(25)26)22-30-24(33)32(31-22)23-27-8-3-9-28-23;1-2(3)4/h3-11,18-19,29H,12H2,1-2H3,(H3,25,26)(H,30,31,33);1H3,(H,3,4)/t18?,19-;/m0./s1. The Balaban J connectivity index is 0.000000867. The van der Waals surface area contributed by atoms with E-state index in [1.54, 1.807) is 44.6 Å². The number of methoxy groups -OCH3 is 2. The summed E-state index contributed by atoms with van der Waals surface area (Å²) in [7, 11) is 3.18. The van der Waals surface area contributed by atoms with Gasteiger partial charge in [-0.25, -0.2) is 14.8 Å². The summed E-state index contributed by atoms with van der Waals surface area (Å²) in [5.74, 6) is 0.772. The summed E-state index contributed by atoms with van der Waals surface area (Å²) in [4.78, 5) is 32.9. The number of carboxylic acids is 1. The Kier molecular flexibility index (Phi) is 8.39. The molecule has 0 spiro atoms. The number of nitrogens with two attached hydrogens (primary N) is 1. The van der Waals surface area contributed by atoms with Gasteiger partial charge in [-0.1, -0.05) is 0 Å². The maximum Gasteiger partial charge on any atom is 0.350 e. The van der Waals surface area contributed by atoms with E-state index in [-0.39, 0.29) is 17.9 Å². The number of anilines is 1. The number of aliphatic carboxylic acids is 1. The molecule has 2 aromatic carbocycles. The zero-order valence-corrected chi connectivity index (χ0v) is 21.9. The van der Waals surface area contributed by atoms with Gasteiger partial charge in [-0.2, -0.15) is 0 Å². The highest BCUT2D eigenvalue weighted by Gasteiger charge is 2.31. The molecule has 14 heteroatoms. The number of carbonyl (C=O) groups is 1. The second kappa shape index (κ2) is 12.1. The third kappa shape index (κ3) is 6.07. The van der Waals surface area contributed by atoms with Crippen LogP contribution in [0.5, 0.6) is 11.5 Å². The van der Waals surface area contributed by atoms with Crippen LogP contribution in [0.2, 0.25) is 0 Å². The van der Waals surface area contributed by atoms with Gasteiger partial charge in [0.1, 0.15) is 24.6 Å². The summed E-state index contributed by atoms with van der Waals surface area (Å²) in [5, 5.41) is 22.9. The van der Waals surface area contributed by atoms with E-state index in [2.05, 4.69) is 25.4 Å². The van der Waals surface area contributed by atoms with E-state index < -0.39 is 17.7 Å². The van der Waals surface area contributed by atoms with Gasteiger partial charge in [0.15, 0.2) is 17.3 Å². The molecule has 1 aliphatic rings. The summed E-state index contributed by atoms with van der Waals surface area (Å²) < 4.78 is 18.1. The fourth-order valence-electron chi connectivity index (χ4n) is 4.03. The second-order valence-electron chi connectivity index (χ2n) is 8.54. The number of aromatic amines is 1. The van der Waals surface area contributed by atoms with Crippen molar-refractivity contribution in [2.24, 2.45) is 5.73 Å². The minimum Gasteiger partial charge on any atom is -0.493 e. The molecule has 2 atom stereocenters. The van der Waals surface area contributed by atoms with Gasteiger partial charge < -0.3 is 30.4 Å². The minimum absolute atomic E-state index is 0.0296. The topological polar surface area (TPSA) is 203 Å². The summed E-state index contributed by atoms with van der Waals surface area (Å²) in [6.07, 6.45) is 2.80. The van der Waals surface area contributed by atoms with Gasteiger partial charge in [0.05, 0.1) is 7.11 Å². The number of hydrogen-bond acceptors (Lipinski definition) is 10. The van der Waals surface area contributed by atoms with Crippen molar-refractivity contribution in [3.63, 3.8) is 0 Å². The number of nitrogens with one attached hydrogen (secondary N) is 3. The second-order valence-corrected chi connectivity index (χ2v) is 8.54. The van der Waals surface area contributed by atoms with Crippen molar-refractivity contribution in [1.29, 1.82) is 5.41 Å². The number of ether oxygens (including phenoxy) is 3. The largest absolute Gasteiger partial charge is 0.493 e. The van der Waals surface area contributed by atoms with Gasteiger partial charge in [0, 0.05) is 43.2 Å². The van der Waals surface area contributed by atoms with Gasteiger partial charge >= 0.3 is 5.69 Å². The SMILES string of the molecule is CC(=O)O.COc1cc([C@H](Nc2ccc(C(=N)N)cc2)c2nn(-c3ncccn3)c(=O)[nH]2)cc2c1OCC2OC. The Morgan fingerprint density at radius 1 is 1.25 bits per heavy atom. The molecule has 0 bridgehead atoms. The number of nitrogens with zero attached hydrogens (tertiary/aromatic N) is 4. The van der Waals surface area contributed by atoms with Crippen LogP contribution in [-0.4, -0.2) is 62.5 Å². The number of amidine groups is 1. The number of fused-ring (bicyclic) bond motifs is 1. The lowest BCUT2D eigenvalue weighted by Crippen LogP contribution is -2.18. The number of H-pyrrole nitrogens is 1. The average molecular weight is 549 g/mol. The van der Waals surface area contributed by atoms with E-state index in [0.717, 1.165) is 28.4 Å². The first kappa shape index (κ1) is 27.8. The lowest BCUT2D eigenvalue weighted by atomic mass is 9.99. The Bertz CT molecular complexity index is 1550. The maximum absolute atomic E-state index is 12.8. The molecule has 0 saturated carbocycles. The first-order chi connectivity index (χ1) is 19.2. The number of benzene rings is 2. The van der Waals surface area contributed by atoms with Crippen LogP contribution in [0, 0.1) is 5.41 Å². The Hall–Kier alpha value is -5.24. The quantitative estimate of drug-likeness (QED) is 0.159. The number of hydrogen-bond donors (Lipinski definition) is 5. The average Bonchev–Trinajstić information content (AvgIpc) is 3.54. The lowest BCUT2D eigenvalue weighted by molar-refractivity contribution is -0.134. The molecular weight excluding hydrogens is 520 g/mol. The Morgan fingerprint density at radius 2 is 1.93 bits per heavy atom. The van der Waals surface area contributed by atoms with Crippen LogP contribution >= 0.6 is 0 Å². The van der Waals surface area contributed by atoms with E-state index >= 15 is 0 Å². The van der Waals surface area contributed by atoms with Gasteiger partial charge in [-0.15, -0.1) is 9.78 Å². The predicted octanol–water partition coefficient (Wildman–Crippen LogP) is 2.02. The molecule has 5 rings (SSSR count). The molecular formula is C26H28N8O6. The zero-order chi connectivity index (χ0) is 28.8. The molecule has 0 fully saturated rings. The minimum atomic E-state index is -0.833. The highest BCUT2D eigenvalue weighted by Crippen LogP contribution is 2.44. The van der Waals surface area contributed by atoms with Crippen molar-refractivity contribution in [2.75, 3.05) is 26.1 Å². The predicted molar refractivity (Wildman–Crippen MR) is 144 cm³/mol. The summed E-state index contributed by atoms with van der Waals surface area (Å²) in [6, 6.07) is 11.9. The van der Waals surface area contributed by atoms with E-state index in [1.807, 2.05) is 12.1 Å². The molecule has 3 heterocycles. The monoisotopic (exact) mass is 548 g/mol. The van der Waals surface area contributed by atoms with Crippen LogP contribution in [0.1, 0.15) is 41.6 Å². The number of nitrogen functional groups attached to an aromatic ring is 1. The lowest BCUT2D eigenvalue weighted by Gasteiger charge is -2.20. The number of carboxylic acid groups (broad SMARTS) is 1. The summed E-state index contributed by atoms with van der Waals surface area (Å²) >= 11 is 0. The third-order valence-corrected chi connectivity index (χ3v) is 5.83. The van der Waals surface area contributed by atoms with Crippen molar-refractivity contribution >= 4 is 17.5 Å². The number of rotatable bonds is 8. The van der Waals surface area contributed by atoms with Gasteiger partial charge in [0.2, 0.25) is 0 Å².